The second-order valence-electron chi connectivity index (χ2n) is 12.2. The summed E-state index contributed by atoms with van der Waals surface area (Å²) in [5.41, 5.74) is 0.737. The normalized spacial score (nSPS) is 23.6. The van der Waals surface area contributed by atoms with Gasteiger partial charge in [0.2, 0.25) is 5.91 Å². The van der Waals surface area contributed by atoms with Gasteiger partial charge in [0, 0.05) is 91.1 Å². The summed E-state index contributed by atoms with van der Waals surface area (Å²) in [5.74, 6) is -0.647. The van der Waals surface area contributed by atoms with Crippen molar-refractivity contribution in [1.29, 1.82) is 0 Å². The molecule has 0 radical (unpaired) electrons. The summed E-state index contributed by atoms with van der Waals surface area (Å²) in [6.45, 7) is 12.3. The molecule has 0 spiro atoms. The van der Waals surface area contributed by atoms with Crippen molar-refractivity contribution < 1.29 is 13.6 Å². The van der Waals surface area contributed by atoms with Crippen molar-refractivity contribution in [1.82, 2.24) is 24.3 Å². The monoisotopic (exact) mass is 674 g/mol. The quantitative estimate of drug-likeness (QED) is 0.260. The van der Waals surface area contributed by atoms with Gasteiger partial charge in [0.1, 0.15) is 17.5 Å². The zero-order chi connectivity index (χ0) is 31.6. The average molecular weight is 676 g/mol. The molecule has 7 rings (SSSR count). The largest absolute Gasteiger partial charge is 0.352 e. The van der Waals surface area contributed by atoms with Crippen LogP contribution >= 0.6 is 35.0 Å². The van der Waals surface area contributed by atoms with Crippen molar-refractivity contribution in [3.63, 3.8) is 0 Å². The van der Waals surface area contributed by atoms with E-state index < -0.39 is 11.6 Å². The second kappa shape index (κ2) is 12.2. The Hall–Kier alpha value is -2.70. The van der Waals surface area contributed by atoms with Gasteiger partial charge in [0.15, 0.2) is 0 Å². The number of hydrogen-bond donors (Lipinski definition) is 0. The van der Waals surface area contributed by atoms with Gasteiger partial charge in [-0.25, -0.2) is 13.6 Å². The lowest BCUT2D eigenvalue weighted by molar-refractivity contribution is -0.129. The summed E-state index contributed by atoms with van der Waals surface area (Å²) in [5, 5.41) is 0.746. The van der Waals surface area contributed by atoms with Crippen molar-refractivity contribution in [2.75, 3.05) is 63.0 Å². The van der Waals surface area contributed by atoms with Gasteiger partial charge in [-0.05, 0) is 37.6 Å². The summed E-state index contributed by atoms with van der Waals surface area (Å²) in [7, 11) is 0. The minimum absolute atomic E-state index is 0.0185. The highest BCUT2D eigenvalue weighted by atomic mass is 35.5. The number of thioether (sulfide) groups is 1. The summed E-state index contributed by atoms with van der Waals surface area (Å²) < 4.78 is 31.3. The van der Waals surface area contributed by atoms with E-state index in [1.807, 2.05) is 4.90 Å². The van der Waals surface area contributed by atoms with Crippen molar-refractivity contribution in [2.24, 2.45) is 0 Å². The van der Waals surface area contributed by atoms with E-state index in [9.17, 15) is 14.0 Å². The number of amides is 1. The number of hydrogen-bond acceptors (Lipinski definition) is 7. The Kier molecular flexibility index (Phi) is 8.35. The molecule has 3 aromatic rings. The number of benzene rings is 2. The fourth-order valence-electron chi connectivity index (χ4n) is 7.53. The number of carbonyl (C=O) groups excluding carboxylic acids is 1. The van der Waals surface area contributed by atoms with Gasteiger partial charge in [0.25, 0.3) is 0 Å². The van der Waals surface area contributed by atoms with Crippen molar-refractivity contribution in [2.45, 2.75) is 42.8 Å². The molecule has 8 nitrogen and oxygen atoms in total. The first kappa shape index (κ1) is 30.9. The molecule has 2 aromatic carbocycles. The number of halogens is 4. The number of fused-ring (bicyclic) bond motifs is 2. The second-order valence-corrected chi connectivity index (χ2v) is 14.1. The van der Waals surface area contributed by atoms with Crippen LogP contribution in [0.3, 0.4) is 0 Å². The van der Waals surface area contributed by atoms with Crippen LogP contribution in [-0.2, 0) is 4.79 Å². The van der Waals surface area contributed by atoms with Crippen LogP contribution in [0.5, 0.6) is 0 Å². The lowest BCUT2D eigenvalue weighted by Crippen LogP contribution is -2.56. The number of aromatic nitrogens is 2. The minimum atomic E-state index is -0.855. The van der Waals surface area contributed by atoms with E-state index in [0.29, 0.717) is 52.6 Å². The van der Waals surface area contributed by atoms with E-state index in [0.717, 1.165) is 51.6 Å². The van der Waals surface area contributed by atoms with E-state index in [1.165, 1.54) is 23.9 Å². The molecule has 3 fully saturated rings. The van der Waals surface area contributed by atoms with Gasteiger partial charge in [-0.2, -0.15) is 4.98 Å². The molecule has 0 N–H and O–H groups in total. The van der Waals surface area contributed by atoms with Gasteiger partial charge in [-0.3, -0.25) is 14.3 Å². The first-order valence-electron chi connectivity index (χ1n) is 15.4. The molecule has 3 saturated heterocycles. The Morgan fingerprint density at radius 1 is 1.04 bits per heavy atom. The molecule has 3 atom stereocenters. The molecule has 2 bridgehead atoms. The number of piperazine rings is 2. The van der Waals surface area contributed by atoms with Crippen LogP contribution in [-0.4, -0.2) is 100 Å². The maximum absolute atomic E-state index is 15.3. The van der Waals surface area contributed by atoms with E-state index in [1.54, 1.807) is 10.6 Å². The van der Waals surface area contributed by atoms with Crippen molar-refractivity contribution in [3.05, 3.63) is 63.0 Å². The molecule has 1 amide bonds. The maximum atomic E-state index is 15.3. The van der Waals surface area contributed by atoms with Gasteiger partial charge < -0.3 is 14.7 Å². The molecule has 1 aromatic heterocycles. The molecular formula is C32H34Cl2F2N6O2S. The Balaban J connectivity index is 1.37. The maximum Gasteiger partial charge on any atom is 0.350 e. The van der Waals surface area contributed by atoms with Crippen molar-refractivity contribution in [3.8, 4) is 11.1 Å². The standard InChI is InChI=1S/C32H34Cl2F2N6O2S/c1-3-27(43)41-18-5-6-19(41)16-40(15-18)31-22-12-24(34)28(21-11-23(33)26(36)13-25(21)35)30-29(22)42(32(44)37-31)20(17-45-30)14-39-9-7-38(4-2)8-10-39/h3,11-13,18-20H,1,4-10,14-17H2,2H3/t18-,19+,20-/m0/s1. The molecule has 5 heterocycles. The third-order valence-corrected chi connectivity index (χ3v) is 11.6. The molecular weight excluding hydrogens is 641 g/mol. The van der Waals surface area contributed by atoms with Crippen LogP contribution in [0.2, 0.25) is 10.0 Å². The van der Waals surface area contributed by atoms with Gasteiger partial charge >= 0.3 is 5.69 Å². The van der Waals surface area contributed by atoms with E-state index in [2.05, 4.69) is 33.2 Å². The lowest BCUT2D eigenvalue weighted by atomic mass is 10.0. The first-order valence-corrected chi connectivity index (χ1v) is 17.1. The molecule has 238 valence electrons. The summed E-state index contributed by atoms with van der Waals surface area (Å²) in [6.07, 6.45) is 3.08. The molecule has 13 heteroatoms. The number of carbonyl (C=O) groups is 1. The first-order chi connectivity index (χ1) is 21.7. The molecule has 0 unspecified atom stereocenters. The minimum Gasteiger partial charge on any atom is -0.352 e. The van der Waals surface area contributed by atoms with Crippen LogP contribution in [0.15, 0.2) is 40.5 Å². The Labute approximate surface area is 274 Å². The van der Waals surface area contributed by atoms with Crippen LogP contribution < -0.4 is 10.6 Å². The summed E-state index contributed by atoms with van der Waals surface area (Å²) in [4.78, 5) is 40.8. The number of likely N-dealkylation sites (N-methyl/N-ethyl adjacent to an activating group) is 1. The Morgan fingerprint density at radius 2 is 1.73 bits per heavy atom. The van der Waals surface area contributed by atoms with Crippen LogP contribution in [0.4, 0.5) is 14.6 Å². The fraction of sp³-hybridized carbons (Fsp3) is 0.469. The SMILES string of the molecule is C=CC(=O)N1[C@@H]2CC[C@H]1CN(c1nc(=O)n3c4c(c(-c5cc(Cl)c(F)cc5F)c(Cl)cc14)SC[C@@H]3CN1CCN(CC)CC1)C2. The highest BCUT2D eigenvalue weighted by Crippen LogP contribution is 2.49. The van der Waals surface area contributed by atoms with E-state index >= 15 is 4.39 Å². The average Bonchev–Trinajstić information content (AvgIpc) is 3.30. The Morgan fingerprint density at radius 3 is 2.40 bits per heavy atom. The molecule has 4 aliphatic rings. The van der Waals surface area contributed by atoms with Crippen LogP contribution in [0, 0.1) is 11.6 Å². The molecule has 0 saturated carbocycles. The number of rotatable bonds is 6. The van der Waals surface area contributed by atoms with E-state index in [-0.39, 0.29) is 45.3 Å². The van der Waals surface area contributed by atoms with Gasteiger partial charge in [-0.15, -0.1) is 11.8 Å². The predicted octanol–water partition coefficient (Wildman–Crippen LogP) is 5.30. The zero-order valence-electron chi connectivity index (χ0n) is 24.9. The van der Waals surface area contributed by atoms with Gasteiger partial charge in [-0.1, -0.05) is 36.7 Å². The zero-order valence-corrected chi connectivity index (χ0v) is 27.3. The van der Waals surface area contributed by atoms with E-state index in [4.69, 9.17) is 23.2 Å². The van der Waals surface area contributed by atoms with Crippen molar-refractivity contribution >= 4 is 57.6 Å². The highest BCUT2D eigenvalue weighted by Gasteiger charge is 2.43. The number of anilines is 1. The third-order valence-electron chi connectivity index (χ3n) is 9.75. The highest BCUT2D eigenvalue weighted by molar-refractivity contribution is 7.99. The third kappa shape index (κ3) is 5.34. The topological polar surface area (TPSA) is 64.9 Å². The molecule has 4 aliphatic heterocycles. The summed E-state index contributed by atoms with van der Waals surface area (Å²) >= 11 is 14.6. The van der Waals surface area contributed by atoms with Crippen LogP contribution in [0.25, 0.3) is 22.0 Å². The Bertz CT molecular complexity index is 1750. The smallest absolute Gasteiger partial charge is 0.350 e. The molecule has 0 aliphatic carbocycles. The van der Waals surface area contributed by atoms with Crippen LogP contribution in [0.1, 0.15) is 25.8 Å². The van der Waals surface area contributed by atoms with Gasteiger partial charge in [0.05, 0.1) is 21.6 Å². The predicted molar refractivity (Wildman–Crippen MR) is 176 cm³/mol. The number of nitrogens with zero attached hydrogens (tertiary/aromatic N) is 6. The fourth-order valence-corrected chi connectivity index (χ4v) is 9.38. The summed E-state index contributed by atoms with van der Waals surface area (Å²) in [6, 6.07) is 3.57. The lowest BCUT2D eigenvalue weighted by Gasteiger charge is -2.42. The molecule has 45 heavy (non-hydrogen) atoms.